The monoisotopic (exact) mass is 585 g/mol. The van der Waals surface area contributed by atoms with Crippen molar-refractivity contribution in [3.63, 3.8) is 0 Å². The Morgan fingerprint density at radius 3 is 2.54 bits per heavy atom. The van der Waals surface area contributed by atoms with Crippen LogP contribution in [0, 0.1) is 10.1 Å². The Kier molecular flexibility index (Phi) is 8.69. The Balaban J connectivity index is 1.45. The molecule has 1 aliphatic rings. The maximum absolute atomic E-state index is 13.1. The molecule has 10 nitrogen and oxygen atoms in total. The van der Waals surface area contributed by atoms with Gasteiger partial charge in [0.25, 0.3) is 17.5 Å². The summed E-state index contributed by atoms with van der Waals surface area (Å²) in [7, 11) is 2.95. The van der Waals surface area contributed by atoms with E-state index in [9.17, 15) is 19.7 Å². The summed E-state index contributed by atoms with van der Waals surface area (Å²) in [6.07, 6.45) is 1.67. The smallest absolute Gasteiger partial charge is 0.271 e. The molecule has 0 aliphatic carbocycles. The van der Waals surface area contributed by atoms with Crippen LogP contribution in [0.1, 0.15) is 5.56 Å². The molecule has 3 aromatic carbocycles. The minimum atomic E-state index is -0.550. The Bertz CT molecular complexity index is 1510. The molecule has 1 fully saturated rings. The van der Waals surface area contributed by atoms with Crippen LogP contribution in [-0.2, 0) is 9.59 Å². The molecule has 0 spiro atoms. The van der Waals surface area contributed by atoms with Crippen LogP contribution < -0.4 is 24.4 Å². The predicted molar refractivity (Wildman–Crippen MR) is 154 cm³/mol. The summed E-state index contributed by atoms with van der Waals surface area (Å²) in [5, 5.41) is 13.8. The van der Waals surface area contributed by atoms with Crippen molar-refractivity contribution in [1.82, 2.24) is 0 Å². The number of methoxy groups -OCH3 is 2. The van der Waals surface area contributed by atoms with E-state index in [1.54, 1.807) is 42.5 Å². The van der Waals surface area contributed by atoms with Crippen LogP contribution in [-0.4, -0.2) is 41.9 Å². The molecule has 13 heteroatoms. The Labute approximate surface area is 237 Å². The molecule has 2 amide bonds. The van der Waals surface area contributed by atoms with E-state index in [0.717, 1.165) is 11.8 Å². The third kappa shape index (κ3) is 6.48. The number of ether oxygens (including phenoxy) is 3. The average molecular weight is 586 g/mol. The number of halogens is 1. The van der Waals surface area contributed by atoms with E-state index in [-0.39, 0.29) is 23.9 Å². The first kappa shape index (κ1) is 27.9. The highest BCUT2D eigenvalue weighted by atomic mass is 35.5. The van der Waals surface area contributed by atoms with Crippen LogP contribution in [0.4, 0.5) is 17.1 Å². The zero-order valence-corrected chi connectivity index (χ0v) is 22.9. The maximum Gasteiger partial charge on any atom is 0.271 e. The van der Waals surface area contributed by atoms with Gasteiger partial charge in [0, 0.05) is 17.8 Å². The topological polar surface area (TPSA) is 120 Å². The molecule has 0 saturated carbocycles. The van der Waals surface area contributed by atoms with Gasteiger partial charge in [-0.15, -0.1) is 0 Å². The minimum Gasteiger partial charge on any atom is -0.495 e. The van der Waals surface area contributed by atoms with Crippen LogP contribution in [0.25, 0.3) is 6.08 Å². The lowest BCUT2D eigenvalue weighted by Crippen LogP contribution is -2.27. The van der Waals surface area contributed by atoms with E-state index in [2.05, 4.69) is 5.32 Å². The molecule has 0 bridgehead atoms. The van der Waals surface area contributed by atoms with E-state index in [4.69, 9.17) is 38.0 Å². The number of nitro benzene ring substituents is 1. The number of nitro groups is 1. The van der Waals surface area contributed by atoms with Gasteiger partial charge in [-0.1, -0.05) is 47.7 Å². The molecular formula is C26H20ClN3O7S2. The lowest BCUT2D eigenvalue weighted by Gasteiger charge is -2.15. The largest absolute Gasteiger partial charge is 0.495 e. The number of rotatable bonds is 9. The molecule has 3 aromatic rings. The predicted octanol–water partition coefficient (Wildman–Crippen LogP) is 5.69. The summed E-state index contributed by atoms with van der Waals surface area (Å²) < 4.78 is 16.5. The number of hydrogen-bond acceptors (Lipinski definition) is 9. The molecule has 0 atom stereocenters. The van der Waals surface area contributed by atoms with E-state index in [0.29, 0.717) is 42.7 Å². The number of carbonyl (C=O) groups excluding carboxylic acids is 2. The van der Waals surface area contributed by atoms with E-state index in [1.165, 1.54) is 43.4 Å². The zero-order valence-electron chi connectivity index (χ0n) is 20.5. The first-order valence-corrected chi connectivity index (χ1v) is 12.8. The number of thiocarbonyl (C=S) groups is 1. The number of nitrogens with zero attached hydrogens (tertiary/aromatic N) is 2. The van der Waals surface area contributed by atoms with Crippen molar-refractivity contribution in [2.45, 2.75) is 0 Å². The van der Waals surface area contributed by atoms with Gasteiger partial charge in [0.1, 0.15) is 5.75 Å². The number of anilines is 2. The number of hydrogen-bond donors (Lipinski definition) is 1. The first-order chi connectivity index (χ1) is 18.7. The summed E-state index contributed by atoms with van der Waals surface area (Å²) in [6.45, 7) is -0.360. The second-order valence-electron chi connectivity index (χ2n) is 7.89. The molecule has 39 heavy (non-hydrogen) atoms. The molecular weight excluding hydrogens is 566 g/mol. The van der Waals surface area contributed by atoms with Crippen LogP contribution in [0.5, 0.6) is 17.2 Å². The van der Waals surface area contributed by atoms with Gasteiger partial charge in [-0.25, -0.2) is 0 Å². The average Bonchev–Trinajstić information content (AvgIpc) is 3.19. The van der Waals surface area contributed by atoms with Gasteiger partial charge >= 0.3 is 0 Å². The van der Waals surface area contributed by atoms with Crippen LogP contribution >= 0.6 is 35.6 Å². The summed E-state index contributed by atoms with van der Waals surface area (Å²) >= 11 is 12.8. The highest BCUT2D eigenvalue weighted by molar-refractivity contribution is 8.27. The molecule has 0 unspecified atom stereocenters. The quantitative estimate of drug-likeness (QED) is 0.146. The van der Waals surface area contributed by atoms with Crippen molar-refractivity contribution in [3.8, 4) is 17.2 Å². The number of non-ortho nitro benzene ring substituents is 1. The second-order valence-corrected chi connectivity index (χ2v) is 9.97. The zero-order chi connectivity index (χ0) is 28.1. The van der Waals surface area contributed by atoms with Crippen molar-refractivity contribution in [1.29, 1.82) is 0 Å². The fourth-order valence-corrected chi connectivity index (χ4v) is 5.12. The lowest BCUT2D eigenvalue weighted by atomic mass is 10.1. The molecule has 1 heterocycles. The van der Waals surface area contributed by atoms with Gasteiger partial charge in [-0.2, -0.15) is 0 Å². The van der Waals surface area contributed by atoms with Gasteiger partial charge in [0.2, 0.25) is 0 Å². The molecule has 1 N–H and O–H groups in total. The van der Waals surface area contributed by atoms with Crippen LogP contribution in [0.15, 0.2) is 65.6 Å². The Morgan fingerprint density at radius 2 is 1.85 bits per heavy atom. The highest BCUT2D eigenvalue weighted by Gasteiger charge is 2.33. The molecule has 1 aliphatic heterocycles. The van der Waals surface area contributed by atoms with E-state index in [1.807, 2.05) is 0 Å². The summed E-state index contributed by atoms with van der Waals surface area (Å²) in [5.41, 5.74) is 1.30. The van der Waals surface area contributed by atoms with Gasteiger partial charge < -0.3 is 19.5 Å². The lowest BCUT2D eigenvalue weighted by molar-refractivity contribution is -0.384. The van der Waals surface area contributed by atoms with E-state index >= 15 is 0 Å². The van der Waals surface area contributed by atoms with Gasteiger partial charge in [-0.05, 0) is 48.0 Å². The molecule has 0 radical (unpaired) electrons. The molecule has 4 rings (SSSR count). The normalized spacial score (nSPS) is 13.9. The second kappa shape index (κ2) is 12.2. The number of thioether (sulfide) groups is 1. The minimum absolute atomic E-state index is 0.143. The molecule has 200 valence electrons. The number of benzene rings is 3. The SMILES string of the molecule is COc1ccc(N2C(=O)/C(=C\c3ccc(OCC(=O)Nc4cccc([N+](=O)[O-])c4)c(OC)c3)SC2=S)cc1Cl. The number of nitrogens with one attached hydrogen (secondary N) is 1. The fraction of sp³-hybridized carbons (Fsp3) is 0.115. The number of amides is 2. The van der Waals surface area contributed by atoms with Crippen molar-refractivity contribution in [3.05, 3.63) is 86.3 Å². The first-order valence-electron chi connectivity index (χ1n) is 11.2. The Morgan fingerprint density at radius 1 is 1.10 bits per heavy atom. The number of carbonyl (C=O) groups is 2. The van der Waals surface area contributed by atoms with Crippen LogP contribution in [0.2, 0.25) is 5.02 Å². The third-order valence-electron chi connectivity index (χ3n) is 5.37. The summed E-state index contributed by atoms with van der Waals surface area (Å²) in [6, 6.07) is 15.5. The van der Waals surface area contributed by atoms with E-state index < -0.39 is 10.8 Å². The fourth-order valence-electron chi connectivity index (χ4n) is 3.57. The van der Waals surface area contributed by atoms with Gasteiger partial charge in [0.05, 0.1) is 34.8 Å². The van der Waals surface area contributed by atoms with Crippen molar-refractivity contribution in [2.75, 3.05) is 31.0 Å². The van der Waals surface area contributed by atoms with Crippen molar-refractivity contribution < 1.29 is 28.7 Å². The third-order valence-corrected chi connectivity index (χ3v) is 6.97. The highest BCUT2D eigenvalue weighted by Crippen LogP contribution is 2.39. The van der Waals surface area contributed by atoms with Crippen LogP contribution in [0.3, 0.4) is 0 Å². The van der Waals surface area contributed by atoms with Crippen molar-refractivity contribution in [2.24, 2.45) is 0 Å². The Hall–Kier alpha value is -4.13. The standard InChI is InChI=1S/C26H20ClN3O7S2/c1-35-20-9-7-17(13-19(20)27)29-25(32)23(39-26(29)38)11-15-6-8-21(22(10-15)36-2)37-14-24(31)28-16-4-3-5-18(12-16)30(33)34/h3-13H,14H2,1-2H3,(H,28,31)/b23-11+. The summed E-state index contributed by atoms with van der Waals surface area (Å²) in [4.78, 5) is 37.6. The molecule has 0 aromatic heterocycles. The van der Waals surface area contributed by atoms with Gasteiger partial charge in [0.15, 0.2) is 22.4 Å². The summed E-state index contributed by atoms with van der Waals surface area (Å²) in [5.74, 6) is 0.304. The molecule has 1 saturated heterocycles. The maximum atomic E-state index is 13.1. The van der Waals surface area contributed by atoms with Crippen molar-refractivity contribution >= 4 is 74.9 Å². The van der Waals surface area contributed by atoms with Gasteiger partial charge in [-0.3, -0.25) is 24.6 Å².